The third-order valence-electron chi connectivity index (χ3n) is 2.28. The van der Waals surface area contributed by atoms with Crippen LogP contribution >= 0.6 is 11.6 Å². The van der Waals surface area contributed by atoms with E-state index in [1.165, 1.54) is 0 Å². The summed E-state index contributed by atoms with van der Waals surface area (Å²) < 4.78 is 10.5. The first-order chi connectivity index (χ1) is 8.63. The van der Waals surface area contributed by atoms with Gasteiger partial charge < -0.3 is 14.8 Å². The second-order valence-corrected chi connectivity index (χ2v) is 4.59. The molecule has 4 heteroatoms. The van der Waals surface area contributed by atoms with E-state index in [4.69, 9.17) is 21.1 Å². The SMILES string of the molecule is C=C(C)COc1ccc(CNCCOC)cc1Cl. The Bertz CT molecular complexity index is 393. The van der Waals surface area contributed by atoms with E-state index in [2.05, 4.69) is 11.9 Å². The first kappa shape index (κ1) is 15.0. The molecule has 0 saturated heterocycles. The van der Waals surface area contributed by atoms with Gasteiger partial charge in [0.25, 0.3) is 0 Å². The monoisotopic (exact) mass is 269 g/mol. The highest BCUT2D eigenvalue weighted by Crippen LogP contribution is 2.25. The molecule has 0 amide bonds. The Morgan fingerprint density at radius 2 is 2.22 bits per heavy atom. The summed E-state index contributed by atoms with van der Waals surface area (Å²) in [7, 11) is 1.69. The molecule has 1 aromatic rings. The molecule has 0 saturated carbocycles. The number of methoxy groups -OCH3 is 1. The minimum Gasteiger partial charge on any atom is -0.488 e. The Morgan fingerprint density at radius 1 is 1.44 bits per heavy atom. The van der Waals surface area contributed by atoms with E-state index < -0.39 is 0 Å². The molecule has 1 rings (SSSR count). The second-order valence-electron chi connectivity index (χ2n) is 4.18. The zero-order valence-corrected chi connectivity index (χ0v) is 11.7. The predicted molar refractivity (Wildman–Crippen MR) is 75.3 cm³/mol. The van der Waals surface area contributed by atoms with Crippen molar-refractivity contribution in [2.75, 3.05) is 26.9 Å². The van der Waals surface area contributed by atoms with Crippen LogP contribution in [0.2, 0.25) is 5.02 Å². The van der Waals surface area contributed by atoms with Crippen LogP contribution in [0.15, 0.2) is 30.4 Å². The summed E-state index contributed by atoms with van der Waals surface area (Å²) in [5.41, 5.74) is 2.09. The quantitative estimate of drug-likeness (QED) is 0.581. The average Bonchev–Trinajstić information content (AvgIpc) is 2.33. The summed E-state index contributed by atoms with van der Waals surface area (Å²) in [4.78, 5) is 0. The van der Waals surface area contributed by atoms with Crippen LogP contribution in [-0.2, 0) is 11.3 Å². The van der Waals surface area contributed by atoms with Gasteiger partial charge in [0.15, 0.2) is 0 Å². The van der Waals surface area contributed by atoms with Crippen molar-refractivity contribution in [1.29, 1.82) is 0 Å². The minimum absolute atomic E-state index is 0.491. The number of hydrogen-bond donors (Lipinski definition) is 1. The van der Waals surface area contributed by atoms with Gasteiger partial charge in [-0.1, -0.05) is 24.2 Å². The highest BCUT2D eigenvalue weighted by Gasteiger charge is 2.03. The molecule has 18 heavy (non-hydrogen) atoms. The summed E-state index contributed by atoms with van der Waals surface area (Å²) in [6.45, 7) is 8.49. The molecule has 0 unspecified atom stereocenters. The largest absolute Gasteiger partial charge is 0.488 e. The lowest BCUT2D eigenvalue weighted by Gasteiger charge is -2.10. The molecule has 1 N–H and O–H groups in total. The van der Waals surface area contributed by atoms with Crippen LogP contribution in [0.25, 0.3) is 0 Å². The third kappa shape index (κ3) is 5.54. The van der Waals surface area contributed by atoms with Gasteiger partial charge in [-0.2, -0.15) is 0 Å². The fraction of sp³-hybridized carbons (Fsp3) is 0.429. The van der Waals surface area contributed by atoms with Crippen LogP contribution in [0.1, 0.15) is 12.5 Å². The number of halogens is 1. The molecular formula is C14H20ClNO2. The van der Waals surface area contributed by atoms with Gasteiger partial charge >= 0.3 is 0 Å². The Hall–Kier alpha value is -1.03. The third-order valence-corrected chi connectivity index (χ3v) is 2.58. The highest BCUT2D eigenvalue weighted by atomic mass is 35.5. The van der Waals surface area contributed by atoms with Crippen LogP contribution in [0, 0.1) is 0 Å². The number of benzene rings is 1. The van der Waals surface area contributed by atoms with Crippen molar-refractivity contribution < 1.29 is 9.47 Å². The van der Waals surface area contributed by atoms with Crippen LogP contribution in [-0.4, -0.2) is 26.9 Å². The van der Waals surface area contributed by atoms with E-state index in [0.717, 1.165) is 24.2 Å². The fourth-order valence-corrected chi connectivity index (χ4v) is 1.64. The fourth-order valence-electron chi connectivity index (χ4n) is 1.38. The second kappa shape index (κ2) is 8.14. The number of nitrogens with one attached hydrogen (secondary N) is 1. The zero-order valence-electron chi connectivity index (χ0n) is 11.0. The van der Waals surface area contributed by atoms with Gasteiger partial charge in [0.05, 0.1) is 11.6 Å². The molecule has 0 spiro atoms. The normalized spacial score (nSPS) is 10.4. The van der Waals surface area contributed by atoms with Crippen LogP contribution in [0.3, 0.4) is 0 Å². The summed E-state index contributed by atoms with van der Waals surface area (Å²) >= 11 is 6.15. The maximum atomic E-state index is 6.15. The summed E-state index contributed by atoms with van der Waals surface area (Å²) in [6.07, 6.45) is 0. The Balaban J connectivity index is 2.48. The van der Waals surface area contributed by atoms with Gasteiger partial charge in [-0.15, -0.1) is 0 Å². The lowest BCUT2D eigenvalue weighted by atomic mass is 10.2. The molecule has 0 aromatic heterocycles. The summed E-state index contributed by atoms with van der Waals surface area (Å²) in [5.74, 6) is 0.695. The van der Waals surface area contributed by atoms with Crippen molar-refractivity contribution in [2.24, 2.45) is 0 Å². The van der Waals surface area contributed by atoms with Crippen LogP contribution < -0.4 is 10.1 Å². The van der Waals surface area contributed by atoms with E-state index in [0.29, 0.717) is 24.0 Å². The van der Waals surface area contributed by atoms with E-state index >= 15 is 0 Å². The maximum Gasteiger partial charge on any atom is 0.138 e. The minimum atomic E-state index is 0.491. The Labute approximate surface area is 114 Å². The van der Waals surface area contributed by atoms with Gasteiger partial charge in [0.1, 0.15) is 12.4 Å². The number of rotatable bonds is 8. The molecule has 0 heterocycles. The lowest BCUT2D eigenvalue weighted by molar-refractivity contribution is 0.199. The molecule has 0 aliphatic rings. The average molecular weight is 270 g/mol. The van der Waals surface area contributed by atoms with Crippen molar-refractivity contribution in [2.45, 2.75) is 13.5 Å². The van der Waals surface area contributed by atoms with Gasteiger partial charge in [0, 0.05) is 20.2 Å². The van der Waals surface area contributed by atoms with Crippen LogP contribution in [0.5, 0.6) is 5.75 Å². The predicted octanol–water partition coefficient (Wildman–Crippen LogP) is 3.03. The molecule has 0 aliphatic heterocycles. The van der Waals surface area contributed by atoms with E-state index in [9.17, 15) is 0 Å². The molecule has 0 radical (unpaired) electrons. The first-order valence-electron chi connectivity index (χ1n) is 5.88. The standard InChI is InChI=1S/C14H20ClNO2/c1-11(2)10-18-14-5-4-12(8-13(14)15)9-16-6-7-17-3/h4-5,8,16H,1,6-7,9-10H2,2-3H3. The summed E-state index contributed by atoms with van der Waals surface area (Å²) in [6, 6.07) is 5.80. The lowest BCUT2D eigenvalue weighted by Crippen LogP contribution is -2.18. The molecule has 3 nitrogen and oxygen atoms in total. The first-order valence-corrected chi connectivity index (χ1v) is 6.26. The van der Waals surface area contributed by atoms with Crippen molar-refractivity contribution in [3.05, 3.63) is 40.9 Å². The molecule has 0 aliphatic carbocycles. The maximum absolute atomic E-state index is 6.15. The van der Waals surface area contributed by atoms with Crippen molar-refractivity contribution in [3.63, 3.8) is 0 Å². The smallest absolute Gasteiger partial charge is 0.138 e. The van der Waals surface area contributed by atoms with E-state index in [1.54, 1.807) is 7.11 Å². The molecular weight excluding hydrogens is 250 g/mol. The zero-order chi connectivity index (χ0) is 13.4. The van der Waals surface area contributed by atoms with Crippen molar-refractivity contribution in [1.82, 2.24) is 5.32 Å². The van der Waals surface area contributed by atoms with Crippen molar-refractivity contribution >= 4 is 11.6 Å². The van der Waals surface area contributed by atoms with Gasteiger partial charge in [-0.05, 0) is 30.2 Å². The van der Waals surface area contributed by atoms with Gasteiger partial charge in [0.2, 0.25) is 0 Å². The van der Waals surface area contributed by atoms with Gasteiger partial charge in [-0.3, -0.25) is 0 Å². The van der Waals surface area contributed by atoms with Gasteiger partial charge in [-0.25, -0.2) is 0 Å². The Kier molecular flexibility index (Phi) is 6.80. The summed E-state index contributed by atoms with van der Waals surface area (Å²) in [5, 5.41) is 3.89. The topological polar surface area (TPSA) is 30.5 Å². The van der Waals surface area contributed by atoms with Crippen molar-refractivity contribution in [3.8, 4) is 5.75 Å². The number of hydrogen-bond acceptors (Lipinski definition) is 3. The molecule has 0 bridgehead atoms. The Morgan fingerprint density at radius 3 is 2.83 bits per heavy atom. The van der Waals surface area contributed by atoms with E-state index in [1.807, 2.05) is 25.1 Å². The molecule has 100 valence electrons. The molecule has 0 fully saturated rings. The van der Waals surface area contributed by atoms with Crippen LogP contribution in [0.4, 0.5) is 0 Å². The molecule has 0 atom stereocenters. The highest BCUT2D eigenvalue weighted by molar-refractivity contribution is 6.32. The number of ether oxygens (including phenoxy) is 2. The molecule has 1 aromatic carbocycles. The van der Waals surface area contributed by atoms with E-state index in [-0.39, 0.29) is 0 Å².